The van der Waals surface area contributed by atoms with Crippen LogP contribution in [0.1, 0.15) is 55.7 Å². The van der Waals surface area contributed by atoms with Crippen molar-refractivity contribution in [2.45, 2.75) is 57.0 Å². The Morgan fingerprint density at radius 3 is 2.65 bits per heavy atom. The normalized spacial score (nSPS) is 22.6. The van der Waals surface area contributed by atoms with Crippen molar-refractivity contribution in [2.24, 2.45) is 0 Å². The van der Waals surface area contributed by atoms with E-state index in [9.17, 15) is 4.79 Å². The Kier molecular flexibility index (Phi) is 5.97. The van der Waals surface area contributed by atoms with Crippen LogP contribution in [0.2, 0.25) is 0 Å². The largest absolute Gasteiger partial charge is 0.326 e. The van der Waals surface area contributed by atoms with Gasteiger partial charge in [0.25, 0.3) is 0 Å². The molecule has 1 aliphatic heterocycles. The molecular weight excluding hydrogens is 384 g/mol. The van der Waals surface area contributed by atoms with Gasteiger partial charge in [0.1, 0.15) is 0 Å². The number of piperidine rings is 1. The SMILES string of the molecule is CCC1c2ccccc2CCC1NCCN1CCC(n2c(=O)[nH]c3ccccc32)CC1. The molecule has 2 heterocycles. The third kappa shape index (κ3) is 4.09. The van der Waals surface area contributed by atoms with Crippen molar-refractivity contribution in [3.05, 3.63) is 70.1 Å². The van der Waals surface area contributed by atoms with E-state index >= 15 is 0 Å². The summed E-state index contributed by atoms with van der Waals surface area (Å²) < 4.78 is 1.98. The molecule has 5 nitrogen and oxygen atoms in total. The standard InChI is InChI=1S/C26H34N4O/c1-2-21-22-8-4-3-7-19(22)11-12-23(21)27-15-18-29-16-13-20(14-17-29)30-25-10-6-5-9-24(25)28-26(30)31/h3-10,20-21,23,27H,2,11-18H2,1H3,(H,28,31). The van der Waals surface area contributed by atoms with Gasteiger partial charge in [0.2, 0.25) is 0 Å². The van der Waals surface area contributed by atoms with Gasteiger partial charge in [0.15, 0.2) is 0 Å². The van der Waals surface area contributed by atoms with Gasteiger partial charge >= 0.3 is 5.69 Å². The molecule has 1 aromatic heterocycles. The molecule has 5 rings (SSSR count). The second kappa shape index (κ2) is 9.01. The first-order valence-corrected chi connectivity index (χ1v) is 12.0. The smallest absolute Gasteiger partial charge is 0.312 e. The third-order valence-electron chi connectivity index (χ3n) is 7.49. The molecule has 31 heavy (non-hydrogen) atoms. The zero-order valence-electron chi connectivity index (χ0n) is 18.5. The maximum Gasteiger partial charge on any atom is 0.326 e. The van der Waals surface area contributed by atoms with Gasteiger partial charge in [-0.1, -0.05) is 43.3 Å². The first-order valence-electron chi connectivity index (χ1n) is 12.0. The van der Waals surface area contributed by atoms with Gasteiger partial charge in [0.05, 0.1) is 11.0 Å². The van der Waals surface area contributed by atoms with E-state index in [-0.39, 0.29) is 5.69 Å². The van der Waals surface area contributed by atoms with E-state index in [1.807, 2.05) is 22.8 Å². The zero-order chi connectivity index (χ0) is 21.2. The van der Waals surface area contributed by atoms with Gasteiger partial charge in [-0.05, 0) is 61.3 Å². The first-order chi connectivity index (χ1) is 15.2. The lowest BCUT2D eigenvalue weighted by Gasteiger charge is -2.36. The minimum absolute atomic E-state index is 0.0319. The molecule has 2 atom stereocenters. The summed E-state index contributed by atoms with van der Waals surface area (Å²) in [7, 11) is 0. The molecule has 0 saturated carbocycles. The summed E-state index contributed by atoms with van der Waals surface area (Å²) in [5, 5.41) is 3.88. The first kappa shape index (κ1) is 20.5. The summed E-state index contributed by atoms with van der Waals surface area (Å²) in [5.41, 5.74) is 5.11. The average Bonchev–Trinajstić information content (AvgIpc) is 3.15. The summed E-state index contributed by atoms with van der Waals surface area (Å²) in [5.74, 6) is 0.629. The number of imidazole rings is 1. The molecule has 164 valence electrons. The number of rotatable bonds is 6. The lowest BCUT2D eigenvalue weighted by Crippen LogP contribution is -2.44. The van der Waals surface area contributed by atoms with E-state index in [2.05, 4.69) is 52.5 Å². The van der Waals surface area contributed by atoms with E-state index in [4.69, 9.17) is 0 Å². The number of fused-ring (bicyclic) bond motifs is 2. The molecule has 5 heteroatoms. The topological polar surface area (TPSA) is 53.1 Å². The van der Waals surface area contributed by atoms with Crippen LogP contribution in [0.15, 0.2) is 53.3 Å². The Balaban J connectivity index is 1.14. The van der Waals surface area contributed by atoms with Gasteiger partial charge in [-0.3, -0.25) is 4.57 Å². The lowest BCUT2D eigenvalue weighted by atomic mass is 9.78. The minimum atomic E-state index is 0.0319. The molecule has 3 aromatic rings. The number of aryl methyl sites for hydroxylation is 1. The molecule has 2 aromatic carbocycles. The predicted molar refractivity (Wildman–Crippen MR) is 127 cm³/mol. The summed E-state index contributed by atoms with van der Waals surface area (Å²) in [6.45, 7) is 6.57. The number of aromatic nitrogens is 2. The van der Waals surface area contributed by atoms with Crippen LogP contribution in [0.25, 0.3) is 11.0 Å². The van der Waals surface area contributed by atoms with Gasteiger partial charge in [0, 0.05) is 38.3 Å². The van der Waals surface area contributed by atoms with Crippen molar-refractivity contribution in [3.63, 3.8) is 0 Å². The highest BCUT2D eigenvalue weighted by molar-refractivity contribution is 5.75. The van der Waals surface area contributed by atoms with Crippen LogP contribution >= 0.6 is 0 Å². The number of aromatic amines is 1. The number of likely N-dealkylation sites (tertiary alicyclic amines) is 1. The fourth-order valence-corrected chi connectivity index (χ4v) is 5.85. The number of nitrogens with one attached hydrogen (secondary N) is 2. The Morgan fingerprint density at radius 2 is 1.81 bits per heavy atom. The lowest BCUT2D eigenvalue weighted by molar-refractivity contribution is 0.184. The Labute approximate surface area is 184 Å². The molecule has 2 unspecified atom stereocenters. The summed E-state index contributed by atoms with van der Waals surface area (Å²) in [4.78, 5) is 18.1. The fourth-order valence-electron chi connectivity index (χ4n) is 5.85. The number of hydrogen-bond donors (Lipinski definition) is 2. The van der Waals surface area contributed by atoms with Crippen LogP contribution in [0.4, 0.5) is 0 Å². The van der Waals surface area contributed by atoms with Gasteiger partial charge in [-0.2, -0.15) is 0 Å². The van der Waals surface area contributed by atoms with Crippen molar-refractivity contribution >= 4 is 11.0 Å². The molecule has 2 aliphatic rings. The molecule has 2 N–H and O–H groups in total. The molecule has 1 saturated heterocycles. The van der Waals surface area contributed by atoms with E-state index in [1.54, 1.807) is 11.1 Å². The van der Waals surface area contributed by atoms with Crippen molar-refractivity contribution < 1.29 is 0 Å². The van der Waals surface area contributed by atoms with Gasteiger partial charge in [-0.25, -0.2) is 4.79 Å². The third-order valence-corrected chi connectivity index (χ3v) is 7.49. The Morgan fingerprint density at radius 1 is 1.03 bits per heavy atom. The maximum absolute atomic E-state index is 12.5. The number of hydrogen-bond acceptors (Lipinski definition) is 3. The van der Waals surface area contributed by atoms with Crippen molar-refractivity contribution in [1.82, 2.24) is 19.8 Å². The molecule has 0 bridgehead atoms. The van der Waals surface area contributed by atoms with Crippen LogP contribution in [-0.2, 0) is 6.42 Å². The molecule has 0 amide bonds. The zero-order valence-corrected chi connectivity index (χ0v) is 18.5. The highest BCUT2D eigenvalue weighted by atomic mass is 16.1. The highest BCUT2D eigenvalue weighted by Gasteiger charge is 2.28. The molecule has 0 radical (unpaired) electrons. The summed E-state index contributed by atoms with van der Waals surface area (Å²) in [6.07, 6.45) is 5.70. The van der Waals surface area contributed by atoms with Gasteiger partial charge < -0.3 is 15.2 Å². The van der Waals surface area contributed by atoms with E-state index < -0.39 is 0 Å². The van der Waals surface area contributed by atoms with Crippen LogP contribution in [0, 0.1) is 0 Å². The van der Waals surface area contributed by atoms with Crippen LogP contribution < -0.4 is 11.0 Å². The molecule has 1 fully saturated rings. The number of H-pyrrole nitrogens is 1. The van der Waals surface area contributed by atoms with Crippen molar-refractivity contribution in [2.75, 3.05) is 26.2 Å². The number of benzene rings is 2. The second-order valence-corrected chi connectivity index (χ2v) is 9.20. The summed E-state index contributed by atoms with van der Waals surface area (Å²) in [6, 6.07) is 17.9. The van der Waals surface area contributed by atoms with E-state index in [0.717, 1.165) is 50.1 Å². The monoisotopic (exact) mass is 418 g/mol. The Bertz CT molecular complexity index is 1080. The van der Waals surface area contributed by atoms with Crippen LogP contribution in [-0.4, -0.2) is 46.7 Å². The van der Waals surface area contributed by atoms with Crippen LogP contribution in [0.3, 0.4) is 0 Å². The van der Waals surface area contributed by atoms with Crippen molar-refractivity contribution in [3.8, 4) is 0 Å². The second-order valence-electron chi connectivity index (χ2n) is 9.20. The summed E-state index contributed by atoms with van der Waals surface area (Å²) >= 11 is 0. The quantitative estimate of drug-likeness (QED) is 0.635. The van der Waals surface area contributed by atoms with Crippen molar-refractivity contribution in [1.29, 1.82) is 0 Å². The molecule has 1 aliphatic carbocycles. The number of nitrogens with zero attached hydrogens (tertiary/aromatic N) is 2. The number of para-hydroxylation sites is 2. The average molecular weight is 419 g/mol. The maximum atomic E-state index is 12.5. The van der Waals surface area contributed by atoms with Gasteiger partial charge in [-0.15, -0.1) is 0 Å². The van der Waals surface area contributed by atoms with E-state index in [1.165, 1.54) is 19.3 Å². The minimum Gasteiger partial charge on any atom is -0.312 e. The fraction of sp³-hybridized carbons (Fsp3) is 0.500. The predicted octanol–water partition coefficient (Wildman–Crippen LogP) is 4.06. The Hall–Kier alpha value is -2.37. The van der Waals surface area contributed by atoms with E-state index in [0.29, 0.717) is 18.0 Å². The van der Waals surface area contributed by atoms with Crippen LogP contribution in [0.5, 0.6) is 0 Å². The molecular formula is C26H34N4O. The highest BCUT2D eigenvalue weighted by Crippen LogP contribution is 2.34. The molecule has 0 spiro atoms.